The molecule has 0 radical (unpaired) electrons. The van der Waals surface area contributed by atoms with Crippen molar-refractivity contribution in [1.82, 2.24) is 0 Å². The van der Waals surface area contributed by atoms with Gasteiger partial charge in [-0.15, -0.1) is 0 Å². The Labute approximate surface area is 122 Å². The molecule has 0 N–H and O–H groups in total. The van der Waals surface area contributed by atoms with Crippen LogP contribution in [0.2, 0.25) is 5.02 Å². The number of halogens is 2. The predicted octanol–water partition coefficient (Wildman–Crippen LogP) is 4.97. The second kappa shape index (κ2) is 5.29. The number of hydrogen-bond acceptors (Lipinski definition) is 1. The predicted molar refractivity (Wildman–Crippen MR) is 80.6 cm³/mol. The molecule has 0 fully saturated rings. The zero-order chi connectivity index (χ0) is 14.1. The van der Waals surface area contributed by atoms with Crippen LogP contribution in [0.4, 0.5) is 4.39 Å². The average Bonchev–Trinajstić information content (AvgIpc) is 2.46. The molecule has 2 aromatic carbocycles. The third-order valence-corrected chi connectivity index (χ3v) is 3.94. The van der Waals surface area contributed by atoms with Crippen LogP contribution in [0.5, 0.6) is 5.75 Å². The zero-order valence-corrected chi connectivity index (χ0v) is 11.9. The van der Waals surface area contributed by atoms with Gasteiger partial charge in [0.05, 0.1) is 12.1 Å². The molecule has 1 aliphatic rings. The highest BCUT2D eigenvalue weighted by Crippen LogP contribution is 2.35. The van der Waals surface area contributed by atoms with E-state index >= 15 is 0 Å². The molecule has 0 saturated heterocycles. The summed E-state index contributed by atoms with van der Waals surface area (Å²) in [6, 6.07) is 10.6. The van der Waals surface area contributed by atoms with Crippen molar-refractivity contribution in [2.75, 3.05) is 7.11 Å². The largest absolute Gasteiger partial charge is 0.497 e. The van der Waals surface area contributed by atoms with Gasteiger partial charge in [-0.2, -0.15) is 0 Å². The maximum absolute atomic E-state index is 13.1. The smallest absolute Gasteiger partial charge is 0.124 e. The lowest BCUT2D eigenvalue weighted by Crippen LogP contribution is -2.00. The fraction of sp³-hybridized carbons (Fsp3) is 0.176. The number of allylic oxidation sites excluding steroid dienone is 1. The summed E-state index contributed by atoms with van der Waals surface area (Å²) in [5.41, 5.74) is 4.48. The minimum atomic E-state index is -0.308. The summed E-state index contributed by atoms with van der Waals surface area (Å²) in [6.07, 6.45) is 3.98. The first-order valence-corrected chi connectivity index (χ1v) is 6.88. The van der Waals surface area contributed by atoms with Crippen molar-refractivity contribution in [2.24, 2.45) is 0 Å². The Kier molecular flexibility index (Phi) is 3.49. The van der Waals surface area contributed by atoms with E-state index in [0.29, 0.717) is 5.02 Å². The molecule has 0 heterocycles. The minimum Gasteiger partial charge on any atom is -0.497 e. The van der Waals surface area contributed by atoms with Crippen molar-refractivity contribution in [3.8, 4) is 5.75 Å². The zero-order valence-electron chi connectivity index (χ0n) is 11.1. The molecule has 0 aliphatic heterocycles. The van der Waals surface area contributed by atoms with E-state index in [9.17, 15) is 4.39 Å². The molecule has 0 amide bonds. The first-order chi connectivity index (χ1) is 9.67. The molecule has 0 unspecified atom stereocenters. The lowest BCUT2D eigenvalue weighted by molar-refractivity contribution is 0.414. The summed E-state index contributed by atoms with van der Waals surface area (Å²) in [7, 11) is 1.66. The van der Waals surface area contributed by atoms with Crippen LogP contribution in [0, 0.1) is 5.82 Å². The van der Waals surface area contributed by atoms with Crippen molar-refractivity contribution in [3.05, 3.63) is 63.9 Å². The molecular formula is C17H14ClFO. The molecule has 3 heteroatoms. The molecule has 0 aromatic heterocycles. The van der Waals surface area contributed by atoms with Crippen LogP contribution < -0.4 is 4.74 Å². The van der Waals surface area contributed by atoms with Crippen molar-refractivity contribution < 1.29 is 9.13 Å². The van der Waals surface area contributed by atoms with Gasteiger partial charge in [0.1, 0.15) is 11.6 Å². The van der Waals surface area contributed by atoms with Crippen LogP contribution in [-0.4, -0.2) is 7.11 Å². The number of methoxy groups -OCH3 is 1. The van der Waals surface area contributed by atoms with Crippen molar-refractivity contribution >= 4 is 23.3 Å². The van der Waals surface area contributed by atoms with Crippen LogP contribution in [0.15, 0.2) is 36.4 Å². The number of benzene rings is 2. The molecule has 0 atom stereocenters. The van der Waals surface area contributed by atoms with Gasteiger partial charge in [-0.25, -0.2) is 4.39 Å². The van der Waals surface area contributed by atoms with Gasteiger partial charge in [-0.1, -0.05) is 29.8 Å². The molecule has 0 bridgehead atoms. The Bertz CT molecular complexity index is 691. The fourth-order valence-electron chi connectivity index (χ4n) is 2.55. The summed E-state index contributed by atoms with van der Waals surface area (Å²) >= 11 is 6.14. The van der Waals surface area contributed by atoms with Gasteiger partial charge in [0.2, 0.25) is 0 Å². The van der Waals surface area contributed by atoms with Crippen molar-refractivity contribution in [3.63, 3.8) is 0 Å². The molecule has 0 spiro atoms. The molecular weight excluding hydrogens is 275 g/mol. The Morgan fingerprint density at radius 2 is 1.95 bits per heavy atom. The topological polar surface area (TPSA) is 9.23 Å². The van der Waals surface area contributed by atoms with Gasteiger partial charge in [-0.3, -0.25) is 0 Å². The lowest BCUT2D eigenvalue weighted by Gasteiger charge is -2.18. The van der Waals surface area contributed by atoms with Crippen LogP contribution in [0.25, 0.3) is 11.6 Å². The lowest BCUT2D eigenvalue weighted by atomic mass is 9.88. The van der Waals surface area contributed by atoms with Crippen LogP contribution >= 0.6 is 11.6 Å². The third-order valence-electron chi connectivity index (χ3n) is 3.62. The monoisotopic (exact) mass is 288 g/mol. The van der Waals surface area contributed by atoms with Gasteiger partial charge < -0.3 is 4.74 Å². The van der Waals surface area contributed by atoms with E-state index in [1.165, 1.54) is 17.7 Å². The van der Waals surface area contributed by atoms with Gasteiger partial charge in [0.15, 0.2) is 0 Å². The van der Waals surface area contributed by atoms with Crippen molar-refractivity contribution in [2.45, 2.75) is 12.8 Å². The van der Waals surface area contributed by atoms with E-state index in [2.05, 4.69) is 12.1 Å². The molecule has 1 aliphatic carbocycles. The first-order valence-electron chi connectivity index (χ1n) is 6.50. The summed E-state index contributed by atoms with van der Waals surface area (Å²) in [4.78, 5) is 0. The molecule has 1 nitrogen and oxygen atoms in total. The standard InChI is InChI=1S/C17H14ClFO/c1-20-15-6-4-11-2-3-12(8-13(11)9-15)16-7-5-14(19)10-17(16)18/h4-10H,2-3H2,1H3. The summed E-state index contributed by atoms with van der Waals surface area (Å²) in [6.45, 7) is 0. The molecule has 102 valence electrons. The normalized spacial score (nSPS) is 13.7. The van der Waals surface area contributed by atoms with E-state index in [1.54, 1.807) is 13.2 Å². The number of rotatable bonds is 2. The Hall–Kier alpha value is -1.80. The molecule has 2 aromatic rings. The highest BCUT2D eigenvalue weighted by molar-refractivity contribution is 6.32. The number of hydrogen-bond donors (Lipinski definition) is 0. The van der Waals surface area contributed by atoms with E-state index in [4.69, 9.17) is 16.3 Å². The third kappa shape index (κ3) is 2.44. The fourth-order valence-corrected chi connectivity index (χ4v) is 2.84. The van der Waals surface area contributed by atoms with Crippen molar-refractivity contribution in [1.29, 1.82) is 0 Å². The first kappa shape index (κ1) is 13.2. The van der Waals surface area contributed by atoms with Gasteiger partial charge >= 0.3 is 0 Å². The van der Waals surface area contributed by atoms with E-state index in [0.717, 1.165) is 35.3 Å². The quantitative estimate of drug-likeness (QED) is 0.758. The van der Waals surface area contributed by atoms with Crippen LogP contribution in [0.1, 0.15) is 23.1 Å². The van der Waals surface area contributed by atoms with Gasteiger partial charge in [0, 0.05) is 0 Å². The van der Waals surface area contributed by atoms with Crippen LogP contribution in [-0.2, 0) is 6.42 Å². The Morgan fingerprint density at radius 3 is 2.70 bits per heavy atom. The molecule has 0 saturated carbocycles. The second-order valence-electron chi connectivity index (χ2n) is 4.86. The van der Waals surface area contributed by atoms with Gasteiger partial charge in [0.25, 0.3) is 0 Å². The SMILES string of the molecule is COc1ccc2c(c1)C=C(c1ccc(F)cc1Cl)CC2. The van der Waals surface area contributed by atoms with E-state index in [-0.39, 0.29) is 5.82 Å². The maximum atomic E-state index is 13.1. The summed E-state index contributed by atoms with van der Waals surface area (Å²) in [5.74, 6) is 0.531. The minimum absolute atomic E-state index is 0.308. The highest BCUT2D eigenvalue weighted by Gasteiger charge is 2.14. The van der Waals surface area contributed by atoms with Gasteiger partial charge in [-0.05, 0) is 59.4 Å². The van der Waals surface area contributed by atoms with Crippen LogP contribution in [0.3, 0.4) is 0 Å². The molecule has 20 heavy (non-hydrogen) atoms. The Balaban J connectivity index is 2.05. The number of fused-ring (bicyclic) bond motifs is 1. The summed E-state index contributed by atoms with van der Waals surface area (Å²) < 4.78 is 18.4. The highest BCUT2D eigenvalue weighted by atomic mass is 35.5. The van der Waals surface area contributed by atoms with E-state index < -0.39 is 0 Å². The second-order valence-corrected chi connectivity index (χ2v) is 5.27. The average molecular weight is 289 g/mol. The number of aryl methyl sites for hydroxylation is 1. The maximum Gasteiger partial charge on any atom is 0.124 e. The summed E-state index contributed by atoms with van der Waals surface area (Å²) in [5, 5.41) is 0.461. The molecule has 3 rings (SSSR count). The van der Waals surface area contributed by atoms with E-state index in [1.807, 2.05) is 12.1 Å². The number of ether oxygens (including phenoxy) is 1. The Morgan fingerprint density at radius 1 is 1.10 bits per heavy atom.